The third kappa shape index (κ3) is 3.26. The Hall–Kier alpha value is -1.24. The molecule has 0 aliphatic carbocycles. The lowest BCUT2D eigenvalue weighted by Gasteiger charge is -2.22. The molecule has 1 N–H and O–H groups in total. The van der Waals surface area contributed by atoms with Crippen LogP contribution in [0.15, 0.2) is 33.2 Å². The third-order valence-corrected chi connectivity index (χ3v) is 3.96. The van der Waals surface area contributed by atoms with Gasteiger partial charge in [0.25, 0.3) is 0 Å². The van der Waals surface area contributed by atoms with Crippen molar-refractivity contribution in [3.63, 3.8) is 0 Å². The second-order valence-electron chi connectivity index (χ2n) is 4.78. The molecule has 1 fully saturated rings. The predicted molar refractivity (Wildman–Crippen MR) is 78.1 cm³/mol. The van der Waals surface area contributed by atoms with E-state index in [1.807, 2.05) is 24.3 Å². The summed E-state index contributed by atoms with van der Waals surface area (Å²) in [5.74, 6) is 1.13. The summed E-state index contributed by atoms with van der Waals surface area (Å²) in [7, 11) is 0. The lowest BCUT2D eigenvalue weighted by Crippen LogP contribution is -2.36. The largest absolute Gasteiger partial charge is 0.419 e. The monoisotopic (exact) mass is 337 g/mol. The molecular weight excluding hydrogens is 322 g/mol. The molecule has 0 radical (unpaired) electrons. The van der Waals surface area contributed by atoms with E-state index in [-0.39, 0.29) is 0 Å². The number of hydrogen-bond donors (Lipinski definition) is 1. The van der Waals surface area contributed by atoms with Crippen LogP contribution in [-0.4, -0.2) is 29.5 Å². The number of rotatable bonds is 4. The normalized spacial score (nSPS) is 19.1. The standard InChI is InChI=1S/C14H16BrN3O2/c15-12-6-2-1-5-11(12)14-18-17-13(20-14)8-16-10-4-3-7-19-9-10/h1-2,5-6,10,16H,3-4,7-9H2. The fourth-order valence-corrected chi connectivity index (χ4v) is 2.66. The first-order chi connectivity index (χ1) is 9.83. The number of nitrogens with one attached hydrogen (secondary N) is 1. The molecule has 1 unspecified atom stereocenters. The van der Waals surface area contributed by atoms with Gasteiger partial charge in [-0.1, -0.05) is 12.1 Å². The van der Waals surface area contributed by atoms with Gasteiger partial charge in [-0.15, -0.1) is 10.2 Å². The summed E-state index contributed by atoms with van der Waals surface area (Å²) in [6.45, 7) is 2.20. The molecule has 3 rings (SSSR count). The van der Waals surface area contributed by atoms with Crippen LogP contribution < -0.4 is 5.32 Å². The highest BCUT2D eigenvalue weighted by Gasteiger charge is 2.15. The molecule has 1 aliphatic rings. The molecule has 1 aromatic carbocycles. The van der Waals surface area contributed by atoms with Crippen molar-refractivity contribution in [2.45, 2.75) is 25.4 Å². The van der Waals surface area contributed by atoms with Crippen LogP contribution in [-0.2, 0) is 11.3 Å². The van der Waals surface area contributed by atoms with Crippen LogP contribution in [0.1, 0.15) is 18.7 Å². The van der Waals surface area contributed by atoms with Gasteiger partial charge in [0.05, 0.1) is 18.7 Å². The average Bonchev–Trinajstić information content (AvgIpc) is 2.95. The Kier molecular flexibility index (Phi) is 4.44. The lowest BCUT2D eigenvalue weighted by atomic mass is 10.1. The van der Waals surface area contributed by atoms with Gasteiger partial charge in [0, 0.05) is 17.1 Å². The highest BCUT2D eigenvalue weighted by atomic mass is 79.9. The maximum atomic E-state index is 5.69. The number of benzene rings is 1. The molecule has 1 saturated heterocycles. The van der Waals surface area contributed by atoms with Crippen molar-refractivity contribution in [3.8, 4) is 11.5 Å². The summed E-state index contributed by atoms with van der Waals surface area (Å²) in [5.41, 5.74) is 0.909. The highest BCUT2D eigenvalue weighted by Crippen LogP contribution is 2.26. The Morgan fingerprint density at radius 2 is 2.20 bits per heavy atom. The summed E-state index contributed by atoms with van der Waals surface area (Å²) in [5, 5.41) is 11.6. The van der Waals surface area contributed by atoms with Crippen LogP contribution >= 0.6 is 15.9 Å². The number of ether oxygens (including phenoxy) is 1. The zero-order valence-corrected chi connectivity index (χ0v) is 12.6. The van der Waals surface area contributed by atoms with Crippen molar-refractivity contribution in [1.29, 1.82) is 0 Å². The molecule has 1 aromatic heterocycles. The smallest absolute Gasteiger partial charge is 0.248 e. The Morgan fingerprint density at radius 1 is 1.30 bits per heavy atom. The molecule has 0 bridgehead atoms. The fraction of sp³-hybridized carbons (Fsp3) is 0.429. The van der Waals surface area contributed by atoms with Crippen molar-refractivity contribution in [2.24, 2.45) is 0 Å². The summed E-state index contributed by atoms with van der Waals surface area (Å²) in [6, 6.07) is 8.18. The van der Waals surface area contributed by atoms with Crippen molar-refractivity contribution in [3.05, 3.63) is 34.6 Å². The summed E-state index contributed by atoms with van der Waals surface area (Å²) >= 11 is 3.48. The van der Waals surface area contributed by atoms with E-state index in [0.29, 0.717) is 24.4 Å². The first kappa shape index (κ1) is 13.7. The van der Waals surface area contributed by atoms with Crippen LogP contribution in [0.3, 0.4) is 0 Å². The fourth-order valence-electron chi connectivity index (χ4n) is 2.20. The molecule has 0 amide bonds. The second-order valence-corrected chi connectivity index (χ2v) is 5.63. The van der Waals surface area contributed by atoms with Crippen LogP contribution in [0.2, 0.25) is 0 Å². The molecule has 2 aromatic rings. The van der Waals surface area contributed by atoms with Crippen LogP contribution in [0, 0.1) is 0 Å². The van der Waals surface area contributed by atoms with E-state index < -0.39 is 0 Å². The van der Waals surface area contributed by atoms with E-state index in [1.165, 1.54) is 0 Å². The van der Waals surface area contributed by atoms with Gasteiger partial charge in [0.1, 0.15) is 0 Å². The van der Waals surface area contributed by atoms with Crippen LogP contribution in [0.4, 0.5) is 0 Å². The molecule has 0 saturated carbocycles. The molecular formula is C14H16BrN3O2. The number of nitrogens with zero attached hydrogens (tertiary/aromatic N) is 2. The Labute approximate surface area is 125 Å². The maximum Gasteiger partial charge on any atom is 0.248 e. The van der Waals surface area contributed by atoms with Gasteiger partial charge in [0.2, 0.25) is 11.8 Å². The molecule has 6 heteroatoms. The van der Waals surface area contributed by atoms with E-state index >= 15 is 0 Å². The van der Waals surface area contributed by atoms with E-state index in [1.54, 1.807) is 0 Å². The second kappa shape index (κ2) is 6.47. The molecule has 5 nitrogen and oxygen atoms in total. The predicted octanol–water partition coefficient (Wildman–Crippen LogP) is 2.77. The zero-order valence-electron chi connectivity index (χ0n) is 11.0. The number of hydrogen-bond acceptors (Lipinski definition) is 5. The summed E-state index contributed by atoms with van der Waals surface area (Å²) < 4.78 is 12.1. The van der Waals surface area contributed by atoms with Crippen LogP contribution in [0.5, 0.6) is 0 Å². The van der Waals surface area contributed by atoms with Gasteiger partial charge in [-0.3, -0.25) is 0 Å². The topological polar surface area (TPSA) is 60.2 Å². The van der Waals surface area contributed by atoms with Gasteiger partial charge in [-0.2, -0.15) is 0 Å². The quantitative estimate of drug-likeness (QED) is 0.929. The Morgan fingerprint density at radius 3 is 3.00 bits per heavy atom. The van der Waals surface area contributed by atoms with Gasteiger partial charge in [-0.05, 0) is 40.9 Å². The minimum atomic E-state index is 0.377. The average molecular weight is 338 g/mol. The van der Waals surface area contributed by atoms with Gasteiger partial charge < -0.3 is 14.5 Å². The van der Waals surface area contributed by atoms with E-state index in [9.17, 15) is 0 Å². The van der Waals surface area contributed by atoms with E-state index in [2.05, 4.69) is 31.4 Å². The first-order valence-electron chi connectivity index (χ1n) is 6.71. The summed E-state index contributed by atoms with van der Waals surface area (Å²) in [4.78, 5) is 0. The molecule has 1 aliphatic heterocycles. The van der Waals surface area contributed by atoms with Crippen LogP contribution in [0.25, 0.3) is 11.5 Å². The van der Waals surface area contributed by atoms with Gasteiger partial charge in [-0.25, -0.2) is 0 Å². The maximum absolute atomic E-state index is 5.69. The highest BCUT2D eigenvalue weighted by molar-refractivity contribution is 9.10. The first-order valence-corrected chi connectivity index (χ1v) is 7.50. The van der Waals surface area contributed by atoms with Crippen molar-refractivity contribution < 1.29 is 9.15 Å². The minimum absolute atomic E-state index is 0.377. The van der Waals surface area contributed by atoms with E-state index in [4.69, 9.17) is 9.15 Å². The summed E-state index contributed by atoms with van der Waals surface area (Å²) in [6.07, 6.45) is 2.23. The van der Waals surface area contributed by atoms with Gasteiger partial charge >= 0.3 is 0 Å². The van der Waals surface area contributed by atoms with Gasteiger partial charge in [0.15, 0.2) is 0 Å². The van der Waals surface area contributed by atoms with Crippen molar-refractivity contribution in [2.75, 3.05) is 13.2 Å². The zero-order chi connectivity index (χ0) is 13.8. The Bertz CT molecular complexity index is 567. The number of aromatic nitrogens is 2. The molecule has 1 atom stereocenters. The Balaban J connectivity index is 1.63. The molecule has 2 heterocycles. The third-order valence-electron chi connectivity index (χ3n) is 3.27. The van der Waals surface area contributed by atoms with Crippen molar-refractivity contribution >= 4 is 15.9 Å². The lowest BCUT2D eigenvalue weighted by molar-refractivity contribution is 0.0692. The SMILES string of the molecule is Brc1ccccc1-c1nnc(CNC2CCCOC2)o1. The molecule has 0 spiro atoms. The minimum Gasteiger partial charge on any atom is -0.419 e. The molecule has 106 valence electrons. The number of halogens is 1. The van der Waals surface area contributed by atoms with Crippen molar-refractivity contribution in [1.82, 2.24) is 15.5 Å². The molecule has 20 heavy (non-hydrogen) atoms. The van der Waals surface area contributed by atoms with E-state index in [0.717, 1.165) is 36.1 Å².